The zero-order chi connectivity index (χ0) is 21.1. The zero-order valence-electron chi connectivity index (χ0n) is 17.1. The number of benzene rings is 2. The van der Waals surface area contributed by atoms with Crippen molar-refractivity contribution in [2.24, 2.45) is 12.1 Å². The third-order valence-corrected chi connectivity index (χ3v) is 6.16. The number of methoxy groups -OCH3 is 1. The van der Waals surface area contributed by atoms with E-state index in [0.717, 1.165) is 28.4 Å². The Morgan fingerprint density at radius 2 is 1.87 bits per heavy atom. The number of thioether (sulfide) groups is 1. The predicted molar refractivity (Wildman–Crippen MR) is 117 cm³/mol. The molecule has 7 nitrogen and oxygen atoms in total. The molecule has 1 aromatic heterocycles. The molecule has 1 atom stereocenters. The van der Waals surface area contributed by atoms with Gasteiger partial charge in [-0.05, 0) is 30.2 Å². The van der Waals surface area contributed by atoms with E-state index in [9.17, 15) is 4.79 Å². The molecule has 0 bridgehead atoms. The standard InChI is InChI=1S/C22H23N5O2S/c1-15-23-24-22(26(15)2)30-14-21(28)27-20(17-9-11-18(29-3)12-10-17)13-19(25-27)16-7-5-4-6-8-16/h4-12,20H,13-14H2,1-3H3/t20-/m0/s1. The van der Waals surface area contributed by atoms with Crippen molar-refractivity contribution in [1.29, 1.82) is 0 Å². The van der Waals surface area contributed by atoms with E-state index >= 15 is 0 Å². The number of carbonyl (C=O) groups is 1. The highest BCUT2D eigenvalue weighted by Crippen LogP contribution is 2.34. The summed E-state index contributed by atoms with van der Waals surface area (Å²) in [6, 6.07) is 17.6. The minimum absolute atomic E-state index is 0.0626. The van der Waals surface area contributed by atoms with Crippen molar-refractivity contribution in [1.82, 2.24) is 19.8 Å². The molecular weight excluding hydrogens is 398 g/mol. The number of hydrogen-bond acceptors (Lipinski definition) is 6. The van der Waals surface area contributed by atoms with E-state index in [1.807, 2.05) is 73.1 Å². The molecule has 3 aromatic rings. The number of carbonyl (C=O) groups excluding carboxylic acids is 1. The van der Waals surface area contributed by atoms with Crippen LogP contribution in [0.15, 0.2) is 64.9 Å². The third-order valence-electron chi connectivity index (χ3n) is 5.15. The lowest BCUT2D eigenvalue weighted by Gasteiger charge is -2.22. The SMILES string of the molecule is COc1ccc([C@@H]2CC(c3ccccc3)=NN2C(=O)CSc2nnc(C)n2C)cc1. The maximum Gasteiger partial charge on any atom is 0.253 e. The number of ether oxygens (including phenoxy) is 1. The second-order valence-electron chi connectivity index (χ2n) is 7.02. The van der Waals surface area contributed by atoms with Gasteiger partial charge in [0.2, 0.25) is 0 Å². The molecule has 1 aliphatic heterocycles. The molecular formula is C22H23N5O2S. The van der Waals surface area contributed by atoms with E-state index in [-0.39, 0.29) is 17.7 Å². The van der Waals surface area contributed by atoms with Gasteiger partial charge in [-0.25, -0.2) is 5.01 Å². The fourth-order valence-corrected chi connectivity index (χ4v) is 4.15. The van der Waals surface area contributed by atoms with Gasteiger partial charge in [0.25, 0.3) is 5.91 Å². The van der Waals surface area contributed by atoms with E-state index in [1.165, 1.54) is 11.8 Å². The van der Waals surface area contributed by atoms with Crippen molar-refractivity contribution in [2.45, 2.75) is 24.5 Å². The van der Waals surface area contributed by atoms with Crippen LogP contribution in [-0.4, -0.2) is 44.3 Å². The lowest BCUT2D eigenvalue weighted by atomic mass is 9.98. The molecule has 154 valence electrons. The minimum atomic E-state index is -0.152. The maximum absolute atomic E-state index is 13.1. The van der Waals surface area contributed by atoms with Gasteiger partial charge < -0.3 is 9.30 Å². The molecule has 30 heavy (non-hydrogen) atoms. The van der Waals surface area contributed by atoms with Crippen LogP contribution in [-0.2, 0) is 11.8 Å². The van der Waals surface area contributed by atoms with Crippen molar-refractivity contribution >= 4 is 23.4 Å². The summed E-state index contributed by atoms with van der Waals surface area (Å²) >= 11 is 1.37. The van der Waals surface area contributed by atoms with E-state index < -0.39 is 0 Å². The molecule has 0 aliphatic carbocycles. The topological polar surface area (TPSA) is 72.6 Å². The number of aromatic nitrogens is 3. The van der Waals surface area contributed by atoms with Gasteiger partial charge in [0.05, 0.1) is 24.6 Å². The Bertz CT molecular complexity index is 1060. The summed E-state index contributed by atoms with van der Waals surface area (Å²) in [6.07, 6.45) is 0.663. The first-order chi connectivity index (χ1) is 14.6. The molecule has 0 saturated carbocycles. The molecule has 0 saturated heterocycles. The molecule has 0 unspecified atom stereocenters. The van der Waals surface area contributed by atoms with Gasteiger partial charge >= 0.3 is 0 Å². The normalized spacial score (nSPS) is 15.9. The second-order valence-corrected chi connectivity index (χ2v) is 7.96. The quantitative estimate of drug-likeness (QED) is 0.569. The Hall–Kier alpha value is -3.13. The first kappa shape index (κ1) is 20.2. The maximum atomic E-state index is 13.1. The van der Waals surface area contributed by atoms with Crippen LogP contribution >= 0.6 is 11.8 Å². The van der Waals surface area contributed by atoms with Gasteiger partial charge in [-0.2, -0.15) is 5.10 Å². The Morgan fingerprint density at radius 1 is 1.13 bits per heavy atom. The van der Waals surface area contributed by atoms with E-state index in [0.29, 0.717) is 11.6 Å². The molecule has 1 aliphatic rings. The van der Waals surface area contributed by atoms with Crippen LogP contribution in [0.25, 0.3) is 0 Å². The summed E-state index contributed by atoms with van der Waals surface area (Å²) in [6.45, 7) is 1.88. The Morgan fingerprint density at radius 3 is 2.50 bits per heavy atom. The fourth-order valence-electron chi connectivity index (χ4n) is 3.34. The predicted octanol–water partition coefficient (Wildman–Crippen LogP) is 3.60. The van der Waals surface area contributed by atoms with E-state index in [1.54, 1.807) is 12.1 Å². The van der Waals surface area contributed by atoms with Crippen LogP contribution in [0.2, 0.25) is 0 Å². The highest BCUT2D eigenvalue weighted by molar-refractivity contribution is 7.99. The Balaban J connectivity index is 1.58. The average Bonchev–Trinajstić information content (AvgIpc) is 3.37. The van der Waals surface area contributed by atoms with Crippen molar-refractivity contribution < 1.29 is 9.53 Å². The van der Waals surface area contributed by atoms with Crippen LogP contribution < -0.4 is 4.74 Å². The summed E-state index contributed by atoms with van der Waals surface area (Å²) in [5.41, 5.74) is 2.96. The number of hydrogen-bond donors (Lipinski definition) is 0. The molecule has 0 N–H and O–H groups in total. The van der Waals surface area contributed by atoms with Crippen LogP contribution in [0.4, 0.5) is 0 Å². The third kappa shape index (κ3) is 4.09. The number of amides is 1. The van der Waals surface area contributed by atoms with Crippen LogP contribution in [0.5, 0.6) is 5.75 Å². The van der Waals surface area contributed by atoms with Crippen LogP contribution in [0.3, 0.4) is 0 Å². The molecule has 2 heterocycles. The first-order valence-electron chi connectivity index (χ1n) is 9.64. The van der Waals surface area contributed by atoms with Gasteiger partial charge in [-0.1, -0.05) is 54.2 Å². The molecule has 0 spiro atoms. The number of aryl methyl sites for hydroxylation is 1. The minimum Gasteiger partial charge on any atom is -0.497 e. The van der Waals surface area contributed by atoms with Crippen LogP contribution in [0, 0.1) is 6.92 Å². The average molecular weight is 422 g/mol. The second kappa shape index (κ2) is 8.71. The lowest BCUT2D eigenvalue weighted by Crippen LogP contribution is -2.28. The summed E-state index contributed by atoms with van der Waals surface area (Å²) < 4.78 is 7.15. The summed E-state index contributed by atoms with van der Waals surface area (Å²) in [4.78, 5) is 13.1. The van der Waals surface area contributed by atoms with Crippen molar-refractivity contribution in [3.63, 3.8) is 0 Å². The summed E-state index contributed by atoms with van der Waals surface area (Å²) in [5, 5.41) is 15.2. The number of hydrazone groups is 1. The fraction of sp³-hybridized carbons (Fsp3) is 0.273. The van der Waals surface area contributed by atoms with Gasteiger partial charge in [0, 0.05) is 13.5 Å². The summed E-state index contributed by atoms with van der Waals surface area (Å²) in [7, 11) is 3.53. The van der Waals surface area contributed by atoms with Gasteiger partial charge in [0.1, 0.15) is 11.6 Å². The smallest absolute Gasteiger partial charge is 0.253 e. The highest BCUT2D eigenvalue weighted by atomic mass is 32.2. The van der Waals surface area contributed by atoms with E-state index in [2.05, 4.69) is 10.2 Å². The van der Waals surface area contributed by atoms with Gasteiger partial charge in [0.15, 0.2) is 5.16 Å². The van der Waals surface area contributed by atoms with Gasteiger partial charge in [-0.3, -0.25) is 4.79 Å². The first-order valence-corrected chi connectivity index (χ1v) is 10.6. The Kier molecular flexibility index (Phi) is 5.85. The molecule has 1 amide bonds. The van der Waals surface area contributed by atoms with Crippen molar-refractivity contribution in [2.75, 3.05) is 12.9 Å². The molecule has 8 heteroatoms. The Labute approximate surface area is 179 Å². The molecule has 0 radical (unpaired) electrons. The van der Waals surface area contributed by atoms with Crippen molar-refractivity contribution in [3.05, 3.63) is 71.5 Å². The van der Waals surface area contributed by atoms with E-state index in [4.69, 9.17) is 9.84 Å². The van der Waals surface area contributed by atoms with Crippen LogP contribution in [0.1, 0.15) is 29.4 Å². The lowest BCUT2D eigenvalue weighted by molar-refractivity contribution is -0.130. The largest absolute Gasteiger partial charge is 0.497 e. The van der Waals surface area contributed by atoms with Crippen molar-refractivity contribution in [3.8, 4) is 5.75 Å². The zero-order valence-corrected chi connectivity index (χ0v) is 18.0. The molecule has 0 fully saturated rings. The molecule has 2 aromatic carbocycles. The molecule has 4 rings (SSSR count). The highest BCUT2D eigenvalue weighted by Gasteiger charge is 2.33. The number of nitrogens with zero attached hydrogens (tertiary/aromatic N) is 5. The summed E-state index contributed by atoms with van der Waals surface area (Å²) in [5.74, 6) is 1.77. The number of rotatable bonds is 6. The monoisotopic (exact) mass is 421 g/mol. The van der Waals surface area contributed by atoms with Gasteiger partial charge in [-0.15, -0.1) is 10.2 Å².